The van der Waals surface area contributed by atoms with Gasteiger partial charge in [0.15, 0.2) is 4.60 Å². The first-order chi connectivity index (χ1) is 8.94. The molecule has 2 rings (SSSR count). The molecule has 0 amide bonds. The molecule has 1 aromatic carbocycles. The molecular formula is C10H8BrN5O2S. The van der Waals surface area contributed by atoms with Crippen LogP contribution < -0.4 is 4.72 Å². The minimum Gasteiger partial charge on any atom is -0.278 e. The third kappa shape index (κ3) is 2.74. The quantitative estimate of drug-likeness (QED) is 0.905. The van der Waals surface area contributed by atoms with Gasteiger partial charge >= 0.3 is 0 Å². The number of aromatic nitrogens is 3. The van der Waals surface area contributed by atoms with E-state index < -0.39 is 10.0 Å². The number of nitrogens with one attached hydrogen (secondary N) is 1. The first-order valence-electron chi connectivity index (χ1n) is 5.02. The standard InChI is InChI=1S/C10H8BrN5O2S/c1-16-10(9(11)13-15-16)19(17,18)14-8-4-2-3-7(5-8)6-12/h2-5,14H,1H3. The Labute approximate surface area is 118 Å². The Hall–Kier alpha value is -1.92. The zero-order valence-corrected chi connectivity index (χ0v) is 12.1. The zero-order valence-electron chi connectivity index (χ0n) is 9.70. The lowest BCUT2D eigenvalue weighted by atomic mass is 10.2. The van der Waals surface area contributed by atoms with E-state index >= 15 is 0 Å². The zero-order chi connectivity index (χ0) is 14.0. The molecule has 98 valence electrons. The molecule has 0 atom stereocenters. The van der Waals surface area contributed by atoms with Crippen molar-refractivity contribution in [3.8, 4) is 6.07 Å². The maximum Gasteiger partial charge on any atom is 0.281 e. The highest BCUT2D eigenvalue weighted by Crippen LogP contribution is 2.21. The number of hydrogen-bond donors (Lipinski definition) is 1. The topological polar surface area (TPSA) is 101 Å². The van der Waals surface area contributed by atoms with Crippen molar-refractivity contribution < 1.29 is 8.42 Å². The van der Waals surface area contributed by atoms with Crippen LogP contribution in [0.4, 0.5) is 5.69 Å². The van der Waals surface area contributed by atoms with E-state index in [1.54, 1.807) is 18.2 Å². The number of halogens is 1. The smallest absolute Gasteiger partial charge is 0.278 e. The van der Waals surface area contributed by atoms with Crippen LogP contribution in [0.15, 0.2) is 33.9 Å². The molecule has 0 aliphatic rings. The molecule has 9 heteroatoms. The van der Waals surface area contributed by atoms with Gasteiger partial charge in [0.25, 0.3) is 10.0 Å². The molecule has 19 heavy (non-hydrogen) atoms. The van der Waals surface area contributed by atoms with E-state index in [2.05, 4.69) is 31.0 Å². The highest BCUT2D eigenvalue weighted by Gasteiger charge is 2.23. The molecular weight excluding hydrogens is 334 g/mol. The summed E-state index contributed by atoms with van der Waals surface area (Å²) in [5.74, 6) is 0. The largest absolute Gasteiger partial charge is 0.281 e. The number of benzene rings is 1. The number of anilines is 1. The van der Waals surface area contributed by atoms with Crippen LogP contribution in [0.25, 0.3) is 0 Å². The van der Waals surface area contributed by atoms with Crippen molar-refractivity contribution in [3.63, 3.8) is 0 Å². The van der Waals surface area contributed by atoms with E-state index in [1.807, 2.05) is 6.07 Å². The van der Waals surface area contributed by atoms with E-state index in [0.717, 1.165) is 4.68 Å². The Kier molecular flexibility index (Phi) is 3.55. The third-order valence-electron chi connectivity index (χ3n) is 2.24. The molecule has 1 heterocycles. The van der Waals surface area contributed by atoms with Crippen LogP contribution in [0.3, 0.4) is 0 Å². The fourth-order valence-electron chi connectivity index (χ4n) is 1.46. The summed E-state index contributed by atoms with van der Waals surface area (Å²) in [5.41, 5.74) is 0.662. The summed E-state index contributed by atoms with van der Waals surface area (Å²) >= 11 is 3.03. The summed E-state index contributed by atoms with van der Waals surface area (Å²) in [6.45, 7) is 0. The molecule has 0 radical (unpaired) electrons. The van der Waals surface area contributed by atoms with Gasteiger partial charge in [-0.2, -0.15) is 13.7 Å². The van der Waals surface area contributed by atoms with Crippen LogP contribution in [0.2, 0.25) is 0 Å². The van der Waals surface area contributed by atoms with Gasteiger partial charge in [-0.05, 0) is 34.1 Å². The van der Waals surface area contributed by atoms with Gasteiger partial charge in [-0.15, -0.1) is 5.10 Å². The van der Waals surface area contributed by atoms with Gasteiger partial charge in [-0.3, -0.25) is 4.72 Å². The summed E-state index contributed by atoms with van der Waals surface area (Å²) in [6.07, 6.45) is 0. The van der Waals surface area contributed by atoms with Crippen LogP contribution in [0, 0.1) is 11.3 Å². The molecule has 2 aromatic rings. The number of nitriles is 1. The number of hydrogen-bond acceptors (Lipinski definition) is 5. The minimum atomic E-state index is -3.82. The van der Waals surface area contributed by atoms with Crippen molar-refractivity contribution in [1.29, 1.82) is 5.26 Å². The second kappa shape index (κ2) is 4.99. The van der Waals surface area contributed by atoms with Crippen molar-refractivity contribution in [2.24, 2.45) is 7.05 Å². The summed E-state index contributed by atoms with van der Waals surface area (Å²) in [5, 5.41) is 15.9. The number of aryl methyl sites for hydroxylation is 1. The molecule has 0 saturated heterocycles. The fraction of sp³-hybridized carbons (Fsp3) is 0.100. The lowest BCUT2D eigenvalue weighted by molar-refractivity contribution is 0.578. The second-order valence-electron chi connectivity index (χ2n) is 3.61. The minimum absolute atomic E-state index is 0.0881. The van der Waals surface area contributed by atoms with Crippen LogP contribution >= 0.6 is 15.9 Å². The molecule has 7 nitrogen and oxygen atoms in total. The lowest BCUT2D eigenvalue weighted by Gasteiger charge is -2.07. The number of rotatable bonds is 3. The third-order valence-corrected chi connectivity index (χ3v) is 4.50. The van der Waals surface area contributed by atoms with Gasteiger partial charge in [0.2, 0.25) is 5.03 Å². The predicted octanol–water partition coefficient (Wildman–Crippen LogP) is 1.25. The molecule has 1 N–H and O–H groups in total. The average molecular weight is 342 g/mol. The Morgan fingerprint density at radius 1 is 1.47 bits per heavy atom. The fourth-order valence-corrected chi connectivity index (χ4v) is 3.61. The first kappa shape index (κ1) is 13.5. The Balaban J connectivity index is 2.40. The Morgan fingerprint density at radius 3 is 2.79 bits per heavy atom. The second-order valence-corrected chi connectivity index (χ2v) is 5.96. The molecule has 0 spiro atoms. The predicted molar refractivity (Wildman–Crippen MR) is 70.7 cm³/mol. The van der Waals surface area contributed by atoms with Crippen molar-refractivity contribution in [3.05, 3.63) is 34.4 Å². The lowest BCUT2D eigenvalue weighted by Crippen LogP contribution is -2.17. The Bertz CT molecular complexity index is 743. The monoisotopic (exact) mass is 341 g/mol. The summed E-state index contributed by atoms with van der Waals surface area (Å²) in [7, 11) is -2.35. The van der Waals surface area contributed by atoms with Crippen LogP contribution in [-0.4, -0.2) is 23.4 Å². The SMILES string of the molecule is Cn1nnc(Br)c1S(=O)(=O)Nc1cccc(C#N)c1. The number of nitrogens with zero attached hydrogens (tertiary/aromatic N) is 4. The average Bonchev–Trinajstić information content (AvgIpc) is 2.69. The van der Waals surface area contributed by atoms with E-state index in [0.29, 0.717) is 11.3 Å². The van der Waals surface area contributed by atoms with E-state index in [-0.39, 0.29) is 9.63 Å². The van der Waals surface area contributed by atoms with Crippen LogP contribution in [-0.2, 0) is 17.1 Å². The van der Waals surface area contributed by atoms with Gasteiger partial charge in [-0.25, -0.2) is 4.68 Å². The maximum absolute atomic E-state index is 12.2. The van der Waals surface area contributed by atoms with Crippen molar-refractivity contribution in [1.82, 2.24) is 15.0 Å². The summed E-state index contributed by atoms with van der Waals surface area (Å²) < 4.78 is 28.0. The van der Waals surface area contributed by atoms with E-state index in [1.165, 1.54) is 13.1 Å². The highest BCUT2D eigenvalue weighted by molar-refractivity contribution is 9.10. The van der Waals surface area contributed by atoms with E-state index in [4.69, 9.17) is 5.26 Å². The normalized spacial score (nSPS) is 11.0. The van der Waals surface area contributed by atoms with Gasteiger partial charge in [0, 0.05) is 7.05 Å². The summed E-state index contributed by atoms with van der Waals surface area (Å²) in [6, 6.07) is 8.10. The van der Waals surface area contributed by atoms with Gasteiger partial charge < -0.3 is 0 Å². The number of sulfonamides is 1. The summed E-state index contributed by atoms with van der Waals surface area (Å²) in [4.78, 5) is 0. The van der Waals surface area contributed by atoms with Crippen molar-refractivity contribution in [2.75, 3.05) is 4.72 Å². The molecule has 1 aromatic heterocycles. The molecule has 0 aliphatic carbocycles. The van der Waals surface area contributed by atoms with Gasteiger partial charge in [-0.1, -0.05) is 11.3 Å². The van der Waals surface area contributed by atoms with E-state index in [9.17, 15) is 8.42 Å². The van der Waals surface area contributed by atoms with Crippen LogP contribution in [0.5, 0.6) is 0 Å². The molecule has 0 fully saturated rings. The molecule has 0 aliphatic heterocycles. The molecule has 0 bridgehead atoms. The van der Waals surface area contributed by atoms with Gasteiger partial charge in [0.05, 0.1) is 17.3 Å². The first-order valence-corrected chi connectivity index (χ1v) is 7.30. The highest BCUT2D eigenvalue weighted by atomic mass is 79.9. The molecule has 0 saturated carbocycles. The Morgan fingerprint density at radius 2 is 2.21 bits per heavy atom. The maximum atomic E-state index is 12.2. The van der Waals surface area contributed by atoms with Crippen molar-refractivity contribution in [2.45, 2.75) is 5.03 Å². The van der Waals surface area contributed by atoms with Crippen molar-refractivity contribution >= 4 is 31.6 Å². The van der Waals surface area contributed by atoms with Crippen LogP contribution in [0.1, 0.15) is 5.56 Å². The molecule has 0 unspecified atom stereocenters. The van der Waals surface area contributed by atoms with Gasteiger partial charge in [0.1, 0.15) is 0 Å².